The fourth-order valence-corrected chi connectivity index (χ4v) is 9.15. The molecule has 0 unspecified atom stereocenters. The first-order valence-electron chi connectivity index (χ1n) is 18.1. The Labute approximate surface area is 313 Å². The molecule has 274 valence electrons. The van der Waals surface area contributed by atoms with E-state index in [1.54, 1.807) is 30.3 Å². The van der Waals surface area contributed by atoms with Crippen LogP contribution in [0.15, 0.2) is 60.7 Å². The van der Waals surface area contributed by atoms with Crippen molar-refractivity contribution in [3.8, 4) is 11.8 Å². The molecule has 5 amide bonds. The highest BCUT2D eigenvalue weighted by atomic mass is 35.5. The quantitative estimate of drug-likeness (QED) is 0.253. The minimum Gasteiger partial charge on any atom is -0.489 e. The van der Waals surface area contributed by atoms with Crippen LogP contribution in [0.5, 0.6) is 5.75 Å². The Balaban J connectivity index is 0.888. The van der Waals surface area contributed by atoms with Crippen LogP contribution in [0, 0.1) is 28.1 Å². The molecule has 0 bridgehead atoms. The summed E-state index contributed by atoms with van der Waals surface area (Å²) in [6.45, 7) is 9.83. The van der Waals surface area contributed by atoms with Gasteiger partial charge in [-0.1, -0.05) is 57.5 Å². The maximum Gasteiger partial charge on any atom is 0.264 e. The van der Waals surface area contributed by atoms with Gasteiger partial charge < -0.3 is 15.0 Å². The number of hydrogen-bond donors (Lipinski definition) is 2. The number of nitriles is 1. The van der Waals surface area contributed by atoms with E-state index in [9.17, 15) is 29.2 Å². The third kappa shape index (κ3) is 6.43. The zero-order valence-corrected chi connectivity index (χ0v) is 31.0. The van der Waals surface area contributed by atoms with Crippen LogP contribution >= 0.6 is 11.6 Å². The summed E-state index contributed by atoms with van der Waals surface area (Å²) >= 11 is 6.23. The zero-order chi connectivity index (χ0) is 37.8. The van der Waals surface area contributed by atoms with Crippen molar-refractivity contribution in [1.82, 2.24) is 15.5 Å². The number of piperidine rings is 1. The largest absolute Gasteiger partial charge is 0.489 e. The van der Waals surface area contributed by atoms with Crippen molar-refractivity contribution >= 4 is 46.8 Å². The summed E-state index contributed by atoms with van der Waals surface area (Å²) < 4.78 is 6.35. The lowest BCUT2D eigenvalue weighted by molar-refractivity contribution is -0.164. The van der Waals surface area contributed by atoms with Gasteiger partial charge in [0.05, 0.1) is 27.4 Å². The van der Waals surface area contributed by atoms with E-state index < -0.39 is 29.7 Å². The number of hydrogen-bond acceptors (Lipinski definition) is 8. The maximum absolute atomic E-state index is 13.5. The van der Waals surface area contributed by atoms with Gasteiger partial charge in [0.15, 0.2) is 0 Å². The van der Waals surface area contributed by atoms with Gasteiger partial charge in [-0.2, -0.15) is 5.26 Å². The first-order chi connectivity index (χ1) is 25.2. The average molecular weight is 736 g/mol. The molecular weight excluding hydrogens is 694 g/mol. The van der Waals surface area contributed by atoms with E-state index in [0.717, 1.165) is 42.8 Å². The number of carbonyl (C=O) groups excluding carboxylic acids is 5. The highest BCUT2D eigenvalue weighted by Crippen LogP contribution is 2.55. The molecule has 0 aromatic heterocycles. The van der Waals surface area contributed by atoms with E-state index >= 15 is 0 Å². The summed E-state index contributed by atoms with van der Waals surface area (Å²) in [5.74, 6) is -1.11. The number of rotatable bonds is 10. The smallest absolute Gasteiger partial charge is 0.264 e. The van der Waals surface area contributed by atoms with Gasteiger partial charge in [0.2, 0.25) is 11.8 Å². The summed E-state index contributed by atoms with van der Waals surface area (Å²) in [6, 6.07) is 19.0. The Morgan fingerprint density at radius 1 is 1.00 bits per heavy atom. The summed E-state index contributed by atoms with van der Waals surface area (Å²) in [6.07, 6.45) is 2.85. The molecule has 0 spiro atoms. The molecular formula is C41H42ClN5O6. The monoisotopic (exact) mass is 735 g/mol. The van der Waals surface area contributed by atoms with Crippen molar-refractivity contribution < 1.29 is 28.7 Å². The number of fused-ring (bicyclic) bond motifs is 1. The Morgan fingerprint density at radius 3 is 2.38 bits per heavy atom. The van der Waals surface area contributed by atoms with Gasteiger partial charge in [0.25, 0.3) is 17.7 Å². The molecule has 7 rings (SSSR count). The number of ether oxygens (including phenoxy) is 1. The molecule has 12 heteroatoms. The second-order valence-electron chi connectivity index (χ2n) is 15.8. The van der Waals surface area contributed by atoms with Gasteiger partial charge in [0.1, 0.15) is 24.0 Å². The molecule has 1 atom stereocenters. The lowest BCUT2D eigenvalue weighted by atomic mass is 9.49. The number of nitrogens with one attached hydrogen (secondary N) is 2. The standard InChI is InChI=1S/C41H42ClN5O6/c1-40(2)38(41(3,4)39(40)53-27-16-15-26(20-43)29(42)19-27)45-34(49)25-13-11-23(12-14-25)7-5-8-24-21-46(22-24)30-10-6-9-28-33(30)37(52)47(36(28)51)31-17-18-32(48)44-35(31)50/h6,9-16,19,24,31,38-39H,5,7-8,17-18,21-22H2,1-4H3,(H,45,49)(H,44,48,50)/t31-,38?,39?/m0/s1. The second-order valence-corrected chi connectivity index (χ2v) is 16.2. The first-order valence-corrected chi connectivity index (χ1v) is 18.4. The maximum atomic E-state index is 13.5. The number of imide groups is 2. The van der Waals surface area contributed by atoms with Gasteiger partial charge in [-0.25, -0.2) is 0 Å². The molecule has 3 aliphatic heterocycles. The van der Waals surface area contributed by atoms with Crippen LogP contribution in [0.25, 0.3) is 0 Å². The van der Waals surface area contributed by atoms with Gasteiger partial charge in [-0.05, 0) is 73.6 Å². The first kappa shape index (κ1) is 36.2. The molecule has 1 saturated carbocycles. The Kier molecular flexibility index (Phi) is 9.31. The third-order valence-corrected chi connectivity index (χ3v) is 11.8. The normalized spacial score (nSPS) is 23.1. The summed E-state index contributed by atoms with van der Waals surface area (Å²) in [5.41, 5.74) is 2.74. The molecule has 3 fully saturated rings. The van der Waals surface area contributed by atoms with Crippen LogP contribution in [-0.2, 0) is 16.0 Å². The number of anilines is 1. The number of nitrogens with zero attached hydrogens (tertiary/aromatic N) is 3. The van der Waals surface area contributed by atoms with Gasteiger partial charge in [-0.3, -0.25) is 34.2 Å². The van der Waals surface area contributed by atoms with Crippen LogP contribution in [0.3, 0.4) is 0 Å². The van der Waals surface area contributed by atoms with Crippen molar-refractivity contribution in [2.45, 2.75) is 78.0 Å². The topological polar surface area (TPSA) is 149 Å². The molecule has 0 radical (unpaired) electrons. The Bertz CT molecular complexity index is 2050. The van der Waals surface area contributed by atoms with E-state index in [1.165, 1.54) is 0 Å². The van der Waals surface area contributed by atoms with E-state index in [1.807, 2.05) is 30.3 Å². The van der Waals surface area contributed by atoms with Crippen molar-refractivity contribution in [3.05, 3.63) is 93.5 Å². The number of aryl methyl sites for hydroxylation is 1. The number of benzene rings is 3. The molecule has 1 aliphatic carbocycles. The molecule has 2 N–H and O–H groups in total. The van der Waals surface area contributed by atoms with Crippen molar-refractivity contribution in [2.24, 2.45) is 16.7 Å². The Hall–Kier alpha value is -5.21. The minimum absolute atomic E-state index is 0.0818. The highest BCUT2D eigenvalue weighted by molar-refractivity contribution is 6.31. The molecule has 53 heavy (non-hydrogen) atoms. The van der Waals surface area contributed by atoms with Gasteiger partial charge in [-0.15, -0.1) is 0 Å². The number of carbonyl (C=O) groups is 5. The molecule has 3 aromatic rings. The van der Waals surface area contributed by atoms with Crippen molar-refractivity contribution in [3.63, 3.8) is 0 Å². The fraction of sp³-hybridized carbons (Fsp3) is 0.415. The van der Waals surface area contributed by atoms with Gasteiger partial charge >= 0.3 is 0 Å². The predicted molar refractivity (Wildman–Crippen MR) is 198 cm³/mol. The average Bonchev–Trinajstić information content (AvgIpc) is 3.36. The molecule has 11 nitrogen and oxygen atoms in total. The summed E-state index contributed by atoms with van der Waals surface area (Å²) in [5, 5.41) is 15.0. The molecule has 3 heterocycles. The number of amides is 5. The lowest BCUT2D eigenvalue weighted by Gasteiger charge is -2.63. The molecule has 4 aliphatic rings. The van der Waals surface area contributed by atoms with E-state index in [-0.39, 0.29) is 41.7 Å². The lowest BCUT2D eigenvalue weighted by Crippen LogP contribution is -2.74. The Morgan fingerprint density at radius 2 is 1.72 bits per heavy atom. The molecule has 3 aromatic carbocycles. The van der Waals surface area contributed by atoms with E-state index in [0.29, 0.717) is 44.6 Å². The molecule has 2 saturated heterocycles. The fourth-order valence-electron chi connectivity index (χ4n) is 8.94. The van der Waals surface area contributed by atoms with Crippen LogP contribution < -0.4 is 20.3 Å². The third-order valence-electron chi connectivity index (χ3n) is 11.5. The van der Waals surface area contributed by atoms with Crippen molar-refractivity contribution in [1.29, 1.82) is 5.26 Å². The van der Waals surface area contributed by atoms with E-state index in [2.05, 4.69) is 49.3 Å². The minimum atomic E-state index is -0.988. The van der Waals surface area contributed by atoms with E-state index in [4.69, 9.17) is 16.3 Å². The predicted octanol–water partition coefficient (Wildman–Crippen LogP) is 5.68. The SMILES string of the molecule is CC1(C)C(NC(=O)c2ccc(CCCC3CN(c4cccc5c4C(=O)N([C@H]4CCC(=O)NC4=O)C5=O)C3)cc2)C(C)(C)C1Oc1ccc(C#N)c(Cl)c1. The highest BCUT2D eigenvalue weighted by Gasteiger charge is 2.64. The summed E-state index contributed by atoms with van der Waals surface area (Å²) in [7, 11) is 0. The zero-order valence-electron chi connectivity index (χ0n) is 30.2. The van der Waals surface area contributed by atoms with Crippen molar-refractivity contribution in [2.75, 3.05) is 18.0 Å². The van der Waals surface area contributed by atoms with Crippen LogP contribution in [0.1, 0.15) is 95.6 Å². The second kappa shape index (κ2) is 13.6. The van der Waals surface area contributed by atoms with Crippen LogP contribution in [0.4, 0.5) is 5.69 Å². The van der Waals surface area contributed by atoms with Crippen LogP contribution in [0.2, 0.25) is 5.02 Å². The van der Waals surface area contributed by atoms with Crippen LogP contribution in [-0.4, -0.2) is 65.7 Å². The summed E-state index contributed by atoms with van der Waals surface area (Å²) in [4.78, 5) is 67.3. The number of halogens is 1. The van der Waals surface area contributed by atoms with Gasteiger partial charge in [0, 0.05) is 48.0 Å².